The van der Waals surface area contributed by atoms with Gasteiger partial charge in [-0.25, -0.2) is 9.97 Å². The van der Waals surface area contributed by atoms with Crippen molar-refractivity contribution in [3.63, 3.8) is 0 Å². The molecule has 21 heavy (non-hydrogen) atoms. The van der Waals surface area contributed by atoms with Crippen LogP contribution in [-0.2, 0) is 6.54 Å². The van der Waals surface area contributed by atoms with Crippen LogP contribution in [-0.4, -0.2) is 15.5 Å². The molecule has 0 spiro atoms. The zero-order chi connectivity index (χ0) is 15.5. The minimum atomic E-state index is 0.103. The van der Waals surface area contributed by atoms with Crippen LogP contribution in [0.5, 0.6) is 0 Å². The summed E-state index contributed by atoms with van der Waals surface area (Å²) in [6.45, 7) is 11.6. The summed E-state index contributed by atoms with van der Waals surface area (Å²) in [4.78, 5) is 8.95. The van der Waals surface area contributed by atoms with Crippen molar-refractivity contribution in [2.45, 2.75) is 52.6 Å². The highest BCUT2D eigenvalue weighted by molar-refractivity contribution is 5.55. The quantitative estimate of drug-likeness (QED) is 0.915. The summed E-state index contributed by atoms with van der Waals surface area (Å²) in [5, 5.41) is 3.44. The van der Waals surface area contributed by atoms with Gasteiger partial charge in [-0.2, -0.15) is 0 Å². The molecule has 2 rings (SSSR count). The number of nitrogens with one attached hydrogen (secondary N) is 1. The summed E-state index contributed by atoms with van der Waals surface area (Å²) in [7, 11) is 0. The van der Waals surface area contributed by atoms with Gasteiger partial charge in [-0.3, -0.25) is 0 Å². The third-order valence-corrected chi connectivity index (χ3v) is 3.36. The Hall–Kier alpha value is -1.74. The van der Waals surface area contributed by atoms with E-state index in [2.05, 4.69) is 74.2 Å². The molecule has 0 amide bonds. The molecule has 2 aromatic rings. The van der Waals surface area contributed by atoms with Gasteiger partial charge in [0, 0.05) is 35.6 Å². The summed E-state index contributed by atoms with van der Waals surface area (Å²) in [5.41, 5.74) is 3.61. The zero-order valence-corrected chi connectivity index (χ0v) is 13.6. The van der Waals surface area contributed by atoms with Crippen molar-refractivity contribution >= 4 is 0 Å². The zero-order valence-electron chi connectivity index (χ0n) is 13.6. The van der Waals surface area contributed by atoms with Gasteiger partial charge >= 0.3 is 0 Å². The van der Waals surface area contributed by atoms with Crippen molar-refractivity contribution in [3.05, 3.63) is 47.8 Å². The Bertz CT molecular complexity index is 563. The molecule has 1 aromatic carbocycles. The van der Waals surface area contributed by atoms with Crippen molar-refractivity contribution in [2.24, 2.45) is 0 Å². The van der Waals surface area contributed by atoms with E-state index < -0.39 is 0 Å². The number of hydrogen-bond donors (Lipinski definition) is 1. The van der Waals surface area contributed by atoms with E-state index in [1.807, 2.05) is 12.4 Å². The number of nitrogens with zero attached hydrogens (tertiary/aromatic N) is 2. The molecule has 1 N–H and O–H groups in total. The molecule has 0 bridgehead atoms. The Morgan fingerprint density at radius 1 is 1.00 bits per heavy atom. The maximum Gasteiger partial charge on any atom is 0.159 e. The van der Waals surface area contributed by atoms with Gasteiger partial charge in [-0.15, -0.1) is 0 Å². The summed E-state index contributed by atoms with van der Waals surface area (Å²) < 4.78 is 0. The second-order valence-corrected chi connectivity index (χ2v) is 6.80. The number of aromatic nitrogens is 2. The Morgan fingerprint density at radius 2 is 1.57 bits per heavy atom. The normalized spacial score (nSPS) is 11.9. The Labute approximate surface area is 127 Å². The third-order valence-electron chi connectivity index (χ3n) is 3.36. The van der Waals surface area contributed by atoms with Crippen molar-refractivity contribution < 1.29 is 0 Å². The van der Waals surface area contributed by atoms with E-state index in [0.717, 1.165) is 23.5 Å². The van der Waals surface area contributed by atoms with E-state index in [1.54, 1.807) is 0 Å². The van der Waals surface area contributed by atoms with Crippen LogP contribution in [0.1, 0.15) is 51.7 Å². The fraction of sp³-hybridized carbons (Fsp3) is 0.444. The van der Waals surface area contributed by atoms with Gasteiger partial charge in [-0.05, 0) is 32.3 Å². The monoisotopic (exact) mass is 283 g/mol. The predicted octanol–water partition coefficient (Wildman–Crippen LogP) is 4.16. The number of hydrogen-bond acceptors (Lipinski definition) is 3. The number of rotatable bonds is 4. The fourth-order valence-electron chi connectivity index (χ4n) is 1.98. The highest BCUT2D eigenvalue weighted by atomic mass is 15.0. The van der Waals surface area contributed by atoms with E-state index >= 15 is 0 Å². The van der Waals surface area contributed by atoms with Gasteiger partial charge in [0.2, 0.25) is 0 Å². The topological polar surface area (TPSA) is 37.8 Å². The minimum Gasteiger partial charge on any atom is -0.308 e. The molecule has 112 valence electrons. The molecule has 0 saturated carbocycles. The lowest BCUT2D eigenvalue weighted by atomic mass is 10.0. The first-order valence-corrected chi connectivity index (χ1v) is 7.51. The van der Waals surface area contributed by atoms with Crippen LogP contribution in [0.3, 0.4) is 0 Å². The van der Waals surface area contributed by atoms with Gasteiger partial charge in [0.15, 0.2) is 5.82 Å². The van der Waals surface area contributed by atoms with Crippen LogP contribution in [0.2, 0.25) is 0 Å². The van der Waals surface area contributed by atoms with Crippen molar-refractivity contribution in [2.75, 3.05) is 0 Å². The summed E-state index contributed by atoms with van der Waals surface area (Å²) in [5.74, 6) is 1.33. The SMILES string of the molecule is CC(C)c1ccc(-c2ncc(CNC(C)(C)C)cn2)cc1. The molecule has 1 aromatic heterocycles. The molecule has 3 heteroatoms. The molecule has 1 heterocycles. The fourth-order valence-corrected chi connectivity index (χ4v) is 1.98. The molecule has 3 nitrogen and oxygen atoms in total. The molecular weight excluding hydrogens is 258 g/mol. The maximum absolute atomic E-state index is 4.47. The van der Waals surface area contributed by atoms with Crippen molar-refractivity contribution in [3.8, 4) is 11.4 Å². The summed E-state index contributed by atoms with van der Waals surface area (Å²) in [6.07, 6.45) is 3.80. The van der Waals surface area contributed by atoms with Gasteiger partial charge in [-0.1, -0.05) is 38.1 Å². The first kappa shape index (κ1) is 15.6. The largest absolute Gasteiger partial charge is 0.308 e. The van der Waals surface area contributed by atoms with E-state index in [1.165, 1.54) is 5.56 Å². The number of benzene rings is 1. The van der Waals surface area contributed by atoms with E-state index in [0.29, 0.717) is 5.92 Å². The average molecular weight is 283 g/mol. The van der Waals surface area contributed by atoms with Crippen LogP contribution in [0.15, 0.2) is 36.7 Å². The first-order valence-electron chi connectivity index (χ1n) is 7.51. The third kappa shape index (κ3) is 4.64. The minimum absolute atomic E-state index is 0.103. The molecule has 0 fully saturated rings. The molecule has 0 unspecified atom stereocenters. The predicted molar refractivity (Wildman–Crippen MR) is 88.1 cm³/mol. The Kier molecular flexibility index (Phi) is 4.73. The van der Waals surface area contributed by atoms with E-state index in [4.69, 9.17) is 0 Å². The highest BCUT2D eigenvalue weighted by Crippen LogP contribution is 2.19. The van der Waals surface area contributed by atoms with Crippen LogP contribution >= 0.6 is 0 Å². The Morgan fingerprint density at radius 3 is 2.05 bits per heavy atom. The lowest BCUT2D eigenvalue weighted by Gasteiger charge is -2.20. The van der Waals surface area contributed by atoms with Gasteiger partial charge < -0.3 is 5.32 Å². The lowest BCUT2D eigenvalue weighted by molar-refractivity contribution is 0.423. The van der Waals surface area contributed by atoms with Crippen molar-refractivity contribution in [1.29, 1.82) is 0 Å². The molecule has 0 aliphatic heterocycles. The highest BCUT2D eigenvalue weighted by Gasteiger charge is 2.09. The molecule has 0 saturated heterocycles. The van der Waals surface area contributed by atoms with Gasteiger partial charge in [0.25, 0.3) is 0 Å². The van der Waals surface area contributed by atoms with E-state index in [9.17, 15) is 0 Å². The van der Waals surface area contributed by atoms with Gasteiger partial charge in [0.05, 0.1) is 0 Å². The van der Waals surface area contributed by atoms with Crippen molar-refractivity contribution in [1.82, 2.24) is 15.3 Å². The molecule has 0 aliphatic rings. The van der Waals surface area contributed by atoms with Crippen LogP contribution in [0.25, 0.3) is 11.4 Å². The lowest BCUT2D eigenvalue weighted by Crippen LogP contribution is -2.35. The average Bonchev–Trinajstić information content (AvgIpc) is 2.45. The van der Waals surface area contributed by atoms with Crippen LogP contribution < -0.4 is 5.32 Å². The second-order valence-electron chi connectivity index (χ2n) is 6.80. The molecule has 0 atom stereocenters. The smallest absolute Gasteiger partial charge is 0.159 e. The first-order chi connectivity index (χ1) is 9.85. The van der Waals surface area contributed by atoms with Crippen LogP contribution in [0.4, 0.5) is 0 Å². The summed E-state index contributed by atoms with van der Waals surface area (Å²) in [6, 6.07) is 8.49. The summed E-state index contributed by atoms with van der Waals surface area (Å²) >= 11 is 0. The van der Waals surface area contributed by atoms with Crippen LogP contribution in [0, 0.1) is 0 Å². The molecule has 0 radical (unpaired) electrons. The van der Waals surface area contributed by atoms with Gasteiger partial charge in [0.1, 0.15) is 0 Å². The standard InChI is InChI=1S/C18H25N3/c1-13(2)15-6-8-16(9-7-15)17-19-10-14(11-20-17)12-21-18(3,4)5/h6-11,13,21H,12H2,1-5H3. The van der Waals surface area contributed by atoms with E-state index in [-0.39, 0.29) is 5.54 Å². The maximum atomic E-state index is 4.47. The molecule has 0 aliphatic carbocycles. The molecular formula is C18H25N3. The second kappa shape index (κ2) is 6.35. The Balaban J connectivity index is 2.08.